The third kappa shape index (κ3) is 3.26. The lowest BCUT2D eigenvalue weighted by Gasteiger charge is -2.31. The van der Waals surface area contributed by atoms with Gasteiger partial charge in [-0.3, -0.25) is 9.59 Å². The number of nitrogens with zero attached hydrogens (tertiary/aromatic N) is 2. The molecule has 1 aromatic rings. The predicted octanol–water partition coefficient (Wildman–Crippen LogP) is 1.22. The van der Waals surface area contributed by atoms with E-state index in [1.165, 1.54) is 9.80 Å². The lowest BCUT2D eigenvalue weighted by atomic mass is 9.98. The van der Waals surface area contributed by atoms with E-state index >= 15 is 0 Å². The lowest BCUT2D eigenvalue weighted by Crippen LogP contribution is -2.47. The summed E-state index contributed by atoms with van der Waals surface area (Å²) in [6.45, 7) is 0.580. The van der Waals surface area contributed by atoms with Crippen molar-refractivity contribution in [1.82, 2.24) is 9.80 Å². The number of aliphatic hydroxyl groups excluding tert-OH is 1. The van der Waals surface area contributed by atoms with Crippen LogP contribution in [0.1, 0.15) is 30.4 Å². The molecular weight excluding hydrogens is 318 g/mol. The second-order valence-electron chi connectivity index (χ2n) is 6.32. The van der Waals surface area contributed by atoms with Crippen LogP contribution >= 0.6 is 0 Å². The number of aliphatic hydroxyl groups is 1. The van der Waals surface area contributed by atoms with Crippen molar-refractivity contribution in [1.29, 1.82) is 0 Å². The molecule has 0 saturated carbocycles. The zero-order valence-electron chi connectivity index (χ0n) is 13.3. The molecule has 1 aromatic carbocycles. The highest BCUT2D eigenvalue weighted by Crippen LogP contribution is 2.24. The maximum absolute atomic E-state index is 13.9. The third-order valence-electron chi connectivity index (χ3n) is 4.73. The molecule has 1 saturated heterocycles. The zero-order valence-corrected chi connectivity index (χ0v) is 13.3. The Morgan fingerprint density at radius 2 is 1.88 bits per heavy atom. The van der Waals surface area contributed by atoms with Gasteiger partial charge in [0.05, 0.1) is 6.54 Å². The first kappa shape index (κ1) is 16.8. The van der Waals surface area contributed by atoms with Crippen LogP contribution in [0, 0.1) is 11.6 Å². The van der Waals surface area contributed by atoms with E-state index in [-0.39, 0.29) is 37.5 Å². The van der Waals surface area contributed by atoms with Crippen molar-refractivity contribution in [2.45, 2.75) is 38.3 Å². The van der Waals surface area contributed by atoms with E-state index in [0.717, 1.165) is 25.0 Å². The maximum Gasteiger partial charge on any atom is 0.251 e. The van der Waals surface area contributed by atoms with Crippen molar-refractivity contribution < 1.29 is 23.5 Å². The van der Waals surface area contributed by atoms with Gasteiger partial charge in [0, 0.05) is 25.2 Å². The Kier molecular flexibility index (Phi) is 4.80. The molecule has 1 atom stereocenters. The number of likely N-dealkylation sites (tertiary alicyclic amines) is 1. The van der Waals surface area contributed by atoms with Gasteiger partial charge in [-0.1, -0.05) is 0 Å². The molecule has 0 spiro atoms. The molecule has 5 nitrogen and oxygen atoms in total. The Balaban J connectivity index is 1.70. The van der Waals surface area contributed by atoms with Crippen molar-refractivity contribution in [3.63, 3.8) is 0 Å². The summed E-state index contributed by atoms with van der Waals surface area (Å²) < 4.78 is 27.7. The number of amides is 2. The van der Waals surface area contributed by atoms with Crippen LogP contribution in [-0.4, -0.2) is 52.5 Å². The summed E-state index contributed by atoms with van der Waals surface area (Å²) in [5.41, 5.74) is 0.525. The van der Waals surface area contributed by atoms with Crippen LogP contribution in [0.15, 0.2) is 12.1 Å². The molecule has 0 bridgehead atoms. The SMILES string of the molecule is O=C(CN1CCCCC(O)C1=O)N1CCc2c(F)ccc(F)c2C1. The molecule has 2 aliphatic rings. The van der Waals surface area contributed by atoms with Gasteiger partial charge in [0.2, 0.25) is 5.91 Å². The van der Waals surface area contributed by atoms with E-state index < -0.39 is 23.6 Å². The molecular formula is C17H20F2N2O3. The minimum Gasteiger partial charge on any atom is -0.383 e. The highest BCUT2D eigenvalue weighted by atomic mass is 19.1. The molecule has 2 aliphatic heterocycles. The second-order valence-corrected chi connectivity index (χ2v) is 6.32. The maximum atomic E-state index is 13.9. The van der Waals surface area contributed by atoms with Gasteiger partial charge in [0.1, 0.15) is 17.7 Å². The fourth-order valence-electron chi connectivity index (χ4n) is 3.31. The minimum atomic E-state index is -1.06. The van der Waals surface area contributed by atoms with Crippen molar-refractivity contribution >= 4 is 11.8 Å². The van der Waals surface area contributed by atoms with Gasteiger partial charge in [-0.2, -0.15) is 0 Å². The molecule has 24 heavy (non-hydrogen) atoms. The van der Waals surface area contributed by atoms with Gasteiger partial charge in [0.15, 0.2) is 0 Å². The Morgan fingerprint density at radius 1 is 1.17 bits per heavy atom. The first-order valence-corrected chi connectivity index (χ1v) is 8.17. The van der Waals surface area contributed by atoms with Crippen molar-refractivity contribution in [2.24, 2.45) is 0 Å². The first-order valence-electron chi connectivity index (χ1n) is 8.17. The van der Waals surface area contributed by atoms with Crippen LogP contribution in [0.25, 0.3) is 0 Å². The van der Waals surface area contributed by atoms with Gasteiger partial charge in [-0.15, -0.1) is 0 Å². The summed E-state index contributed by atoms with van der Waals surface area (Å²) in [6, 6.07) is 2.17. The number of rotatable bonds is 2. The number of fused-ring (bicyclic) bond motifs is 1. The minimum absolute atomic E-state index is 0.00233. The van der Waals surface area contributed by atoms with E-state index in [4.69, 9.17) is 0 Å². The summed E-state index contributed by atoms with van der Waals surface area (Å²) in [4.78, 5) is 27.3. The molecule has 0 aliphatic carbocycles. The van der Waals surface area contributed by atoms with E-state index in [0.29, 0.717) is 18.5 Å². The number of hydrogen-bond donors (Lipinski definition) is 1. The van der Waals surface area contributed by atoms with E-state index in [9.17, 15) is 23.5 Å². The first-order chi connectivity index (χ1) is 11.5. The molecule has 2 heterocycles. The number of halogens is 2. The average molecular weight is 338 g/mol. The van der Waals surface area contributed by atoms with Crippen LogP contribution < -0.4 is 0 Å². The normalized spacial score (nSPS) is 21.5. The highest BCUT2D eigenvalue weighted by molar-refractivity contribution is 5.87. The standard InChI is InChI=1S/C17H20F2N2O3/c18-13-4-5-14(19)12-9-20(8-6-11(12)13)16(23)10-21-7-2-1-3-15(22)17(21)24/h4-5,15,22H,1-3,6-10H2. The fourth-order valence-corrected chi connectivity index (χ4v) is 3.31. The molecule has 1 fully saturated rings. The summed E-state index contributed by atoms with van der Waals surface area (Å²) in [5.74, 6) is -1.73. The van der Waals surface area contributed by atoms with Gasteiger partial charge in [-0.05, 0) is 43.4 Å². The zero-order chi connectivity index (χ0) is 17.3. The molecule has 2 amide bonds. The summed E-state index contributed by atoms with van der Waals surface area (Å²) in [5, 5.41) is 9.74. The Hall–Kier alpha value is -2.02. The van der Waals surface area contributed by atoms with E-state index in [1.807, 2.05) is 0 Å². The Morgan fingerprint density at radius 3 is 2.62 bits per heavy atom. The Bertz CT molecular complexity index is 665. The summed E-state index contributed by atoms with van der Waals surface area (Å²) in [7, 11) is 0. The quantitative estimate of drug-likeness (QED) is 0.882. The van der Waals surface area contributed by atoms with Crippen LogP contribution in [0.3, 0.4) is 0 Å². The molecule has 3 rings (SSSR count). The highest BCUT2D eigenvalue weighted by Gasteiger charge is 2.30. The predicted molar refractivity (Wildman–Crippen MR) is 81.9 cm³/mol. The van der Waals surface area contributed by atoms with E-state index in [1.54, 1.807) is 0 Å². The monoisotopic (exact) mass is 338 g/mol. The molecule has 1 N–H and O–H groups in total. The number of hydrogen-bond acceptors (Lipinski definition) is 3. The van der Waals surface area contributed by atoms with Crippen molar-refractivity contribution in [3.05, 3.63) is 34.9 Å². The third-order valence-corrected chi connectivity index (χ3v) is 4.73. The van der Waals surface area contributed by atoms with Gasteiger partial charge >= 0.3 is 0 Å². The van der Waals surface area contributed by atoms with Crippen LogP contribution in [0.4, 0.5) is 8.78 Å². The van der Waals surface area contributed by atoms with Gasteiger partial charge in [0.25, 0.3) is 5.91 Å². The number of benzene rings is 1. The topological polar surface area (TPSA) is 60.9 Å². The molecule has 7 heteroatoms. The van der Waals surface area contributed by atoms with Gasteiger partial charge < -0.3 is 14.9 Å². The smallest absolute Gasteiger partial charge is 0.251 e. The molecule has 0 aromatic heterocycles. The average Bonchev–Trinajstić information content (AvgIpc) is 2.73. The van der Waals surface area contributed by atoms with Crippen LogP contribution in [-0.2, 0) is 22.6 Å². The van der Waals surface area contributed by atoms with Crippen molar-refractivity contribution in [2.75, 3.05) is 19.6 Å². The summed E-state index contributed by atoms with van der Waals surface area (Å²) >= 11 is 0. The van der Waals surface area contributed by atoms with E-state index in [2.05, 4.69) is 0 Å². The van der Waals surface area contributed by atoms with Gasteiger partial charge in [-0.25, -0.2) is 8.78 Å². The molecule has 1 unspecified atom stereocenters. The second kappa shape index (κ2) is 6.84. The fraction of sp³-hybridized carbons (Fsp3) is 0.529. The largest absolute Gasteiger partial charge is 0.383 e. The Labute approximate surface area is 138 Å². The number of carbonyl (C=O) groups is 2. The van der Waals surface area contributed by atoms with Crippen LogP contribution in [0.5, 0.6) is 0 Å². The van der Waals surface area contributed by atoms with Crippen LogP contribution in [0.2, 0.25) is 0 Å². The summed E-state index contributed by atoms with van der Waals surface area (Å²) in [6.07, 6.45) is 1.07. The number of carbonyl (C=O) groups excluding carboxylic acids is 2. The molecule has 130 valence electrons. The lowest BCUT2D eigenvalue weighted by molar-refractivity contribution is -0.145. The van der Waals surface area contributed by atoms with Crippen molar-refractivity contribution in [3.8, 4) is 0 Å². The molecule has 0 radical (unpaired) electrons.